The van der Waals surface area contributed by atoms with E-state index in [-0.39, 0.29) is 11.9 Å². The lowest BCUT2D eigenvalue weighted by Crippen LogP contribution is -2.36. The zero-order valence-electron chi connectivity index (χ0n) is 12.2. The van der Waals surface area contributed by atoms with Gasteiger partial charge < -0.3 is 5.32 Å². The molecule has 0 saturated carbocycles. The van der Waals surface area contributed by atoms with Crippen LogP contribution in [-0.4, -0.2) is 23.1 Å². The van der Waals surface area contributed by atoms with Crippen molar-refractivity contribution < 1.29 is 4.79 Å². The molecule has 22 heavy (non-hydrogen) atoms. The summed E-state index contributed by atoms with van der Waals surface area (Å²) < 4.78 is 0.962. The van der Waals surface area contributed by atoms with Gasteiger partial charge in [-0.1, -0.05) is 28.9 Å². The molecule has 1 aromatic heterocycles. The Kier molecular flexibility index (Phi) is 6.09. The molecule has 1 aromatic carbocycles. The van der Waals surface area contributed by atoms with Crippen molar-refractivity contribution in [3.8, 4) is 0 Å². The van der Waals surface area contributed by atoms with Crippen molar-refractivity contribution in [1.82, 2.24) is 10.4 Å². The molecule has 0 aliphatic carbocycles. The van der Waals surface area contributed by atoms with Crippen molar-refractivity contribution in [3.63, 3.8) is 0 Å². The average Bonchev–Trinajstić information content (AvgIpc) is 2.53. The highest BCUT2D eigenvalue weighted by atomic mass is 79.9. The predicted molar refractivity (Wildman–Crippen MR) is 91.8 cm³/mol. The topological polar surface area (TPSA) is 66.4 Å². The van der Waals surface area contributed by atoms with Crippen LogP contribution >= 0.6 is 15.9 Å². The summed E-state index contributed by atoms with van der Waals surface area (Å²) in [7, 11) is 0. The van der Waals surface area contributed by atoms with Gasteiger partial charge in [0.15, 0.2) is 0 Å². The Labute approximate surface area is 138 Å². The molecule has 114 valence electrons. The Balaban J connectivity index is 1.93. The highest BCUT2D eigenvalue weighted by molar-refractivity contribution is 9.10. The first-order chi connectivity index (χ1) is 10.7. The fourth-order valence-corrected chi connectivity index (χ4v) is 2.23. The van der Waals surface area contributed by atoms with Gasteiger partial charge in [-0.15, -0.1) is 0 Å². The van der Waals surface area contributed by atoms with Gasteiger partial charge in [-0.25, -0.2) is 5.43 Å². The fraction of sp³-hybridized carbons (Fsp3) is 0.188. The van der Waals surface area contributed by atoms with Crippen molar-refractivity contribution in [3.05, 3.63) is 58.8 Å². The number of halogens is 1. The number of hydrogen-bond acceptors (Lipinski definition) is 4. The molecule has 0 aliphatic rings. The molecule has 0 fully saturated rings. The summed E-state index contributed by atoms with van der Waals surface area (Å²) >= 11 is 3.41. The van der Waals surface area contributed by atoms with Crippen LogP contribution in [-0.2, 0) is 4.79 Å². The van der Waals surface area contributed by atoms with Crippen LogP contribution in [0.25, 0.3) is 0 Å². The first-order valence-corrected chi connectivity index (χ1v) is 7.73. The monoisotopic (exact) mass is 360 g/mol. The van der Waals surface area contributed by atoms with Gasteiger partial charge >= 0.3 is 0 Å². The molecule has 0 saturated heterocycles. The van der Waals surface area contributed by atoms with Gasteiger partial charge in [0.05, 0.1) is 6.21 Å². The highest BCUT2D eigenvalue weighted by Crippen LogP contribution is 2.17. The number of nitrogens with zero attached hydrogens (tertiary/aromatic N) is 2. The average molecular weight is 361 g/mol. The Morgan fingerprint density at radius 1 is 1.36 bits per heavy atom. The highest BCUT2D eigenvalue weighted by Gasteiger charge is 2.15. The van der Waals surface area contributed by atoms with E-state index >= 15 is 0 Å². The van der Waals surface area contributed by atoms with Crippen LogP contribution < -0.4 is 10.7 Å². The normalized spacial score (nSPS) is 12.1. The number of hydrogen-bond donors (Lipinski definition) is 2. The lowest BCUT2D eigenvalue weighted by molar-refractivity contribution is -0.121. The van der Waals surface area contributed by atoms with E-state index < -0.39 is 0 Å². The third-order valence-electron chi connectivity index (χ3n) is 2.98. The molecular formula is C16H17BrN4O. The number of rotatable bonds is 6. The minimum atomic E-state index is -0.344. The summed E-state index contributed by atoms with van der Waals surface area (Å²) in [6.45, 7) is 1.95. The molecule has 1 heterocycles. The number of pyridine rings is 1. The van der Waals surface area contributed by atoms with Crippen molar-refractivity contribution in [2.24, 2.45) is 5.10 Å². The van der Waals surface area contributed by atoms with Crippen LogP contribution in [0.1, 0.15) is 18.9 Å². The van der Waals surface area contributed by atoms with Gasteiger partial charge in [-0.2, -0.15) is 5.10 Å². The zero-order valence-corrected chi connectivity index (χ0v) is 13.7. The van der Waals surface area contributed by atoms with Gasteiger partial charge in [0, 0.05) is 22.6 Å². The van der Waals surface area contributed by atoms with Crippen molar-refractivity contribution in [2.75, 3.05) is 5.32 Å². The largest absolute Gasteiger partial charge is 0.374 e. The zero-order chi connectivity index (χ0) is 15.8. The molecule has 1 atom stereocenters. The number of carbonyl (C=O) groups is 1. The van der Waals surface area contributed by atoms with Crippen molar-refractivity contribution in [1.29, 1.82) is 0 Å². The number of carbonyl (C=O) groups excluding carboxylic acids is 1. The first-order valence-electron chi connectivity index (χ1n) is 6.94. The second-order valence-corrected chi connectivity index (χ2v) is 5.55. The smallest absolute Gasteiger partial charge is 0.262 e. The maximum Gasteiger partial charge on any atom is 0.262 e. The molecule has 2 aromatic rings. The Morgan fingerprint density at radius 3 is 2.82 bits per heavy atom. The van der Waals surface area contributed by atoms with Crippen molar-refractivity contribution >= 4 is 33.7 Å². The van der Waals surface area contributed by atoms with Gasteiger partial charge in [0.25, 0.3) is 5.91 Å². The molecule has 0 radical (unpaired) electrons. The Hall–Kier alpha value is -2.21. The maximum atomic E-state index is 12.1. The summed E-state index contributed by atoms with van der Waals surface area (Å²) in [4.78, 5) is 16.1. The lowest BCUT2D eigenvalue weighted by Gasteiger charge is -2.16. The molecule has 2 rings (SSSR count). The summed E-state index contributed by atoms with van der Waals surface area (Å²) in [5, 5.41) is 7.16. The van der Waals surface area contributed by atoms with E-state index in [0.29, 0.717) is 6.42 Å². The molecular weight excluding hydrogens is 344 g/mol. The number of nitrogens with one attached hydrogen (secondary N) is 2. The van der Waals surface area contributed by atoms with E-state index in [1.54, 1.807) is 18.6 Å². The van der Waals surface area contributed by atoms with Crippen LogP contribution in [0, 0.1) is 0 Å². The van der Waals surface area contributed by atoms with E-state index in [1.165, 1.54) is 0 Å². The second kappa shape index (κ2) is 8.29. The van der Waals surface area contributed by atoms with Gasteiger partial charge in [-0.05, 0) is 42.3 Å². The predicted octanol–water partition coefficient (Wildman–Crippen LogP) is 3.18. The molecule has 0 aliphatic heterocycles. The minimum absolute atomic E-state index is 0.173. The SMILES string of the molecule is CC[C@H](Nc1cccc(Br)c1)C(=O)N/N=C\c1ccncc1. The number of anilines is 1. The standard InChI is InChI=1S/C16H17BrN4O/c1-2-15(20-14-5-3-4-13(17)10-14)16(22)21-19-11-12-6-8-18-9-7-12/h3-11,15,20H,2H2,1H3,(H,21,22)/b19-11-/t15-/m0/s1. The van der Waals surface area contributed by atoms with Crippen LogP contribution in [0.5, 0.6) is 0 Å². The number of aromatic nitrogens is 1. The Bertz CT molecular complexity index is 646. The van der Waals surface area contributed by atoms with Crippen LogP contribution in [0.4, 0.5) is 5.69 Å². The third kappa shape index (κ3) is 4.96. The van der Waals surface area contributed by atoms with Crippen molar-refractivity contribution in [2.45, 2.75) is 19.4 Å². The number of benzene rings is 1. The summed E-state index contributed by atoms with van der Waals surface area (Å²) in [5.74, 6) is -0.173. The van der Waals surface area contributed by atoms with Crippen LogP contribution in [0.15, 0.2) is 58.4 Å². The van der Waals surface area contributed by atoms with Gasteiger partial charge in [0.2, 0.25) is 0 Å². The molecule has 0 bridgehead atoms. The van der Waals surface area contributed by atoms with Gasteiger partial charge in [-0.3, -0.25) is 9.78 Å². The fourth-order valence-electron chi connectivity index (χ4n) is 1.83. The van der Waals surface area contributed by atoms with E-state index in [9.17, 15) is 4.79 Å². The molecule has 0 unspecified atom stereocenters. The summed E-state index contributed by atoms with van der Waals surface area (Å²) in [6.07, 6.45) is 5.59. The van der Waals surface area contributed by atoms with E-state index in [1.807, 2.05) is 43.3 Å². The van der Waals surface area contributed by atoms with Crippen LogP contribution in [0.2, 0.25) is 0 Å². The molecule has 2 N–H and O–H groups in total. The minimum Gasteiger partial charge on any atom is -0.374 e. The van der Waals surface area contributed by atoms with Crippen LogP contribution in [0.3, 0.4) is 0 Å². The van der Waals surface area contributed by atoms with E-state index in [0.717, 1.165) is 15.7 Å². The molecule has 5 nitrogen and oxygen atoms in total. The Morgan fingerprint density at radius 2 is 2.14 bits per heavy atom. The third-order valence-corrected chi connectivity index (χ3v) is 3.48. The molecule has 0 spiro atoms. The van der Waals surface area contributed by atoms with E-state index in [4.69, 9.17) is 0 Å². The molecule has 6 heteroatoms. The lowest BCUT2D eigenvalue weighted by atomic mass is 10.2. The summed E-state index contributed by atoms with van der Waals surface area (Å²) in [6, 6.07) is 11.0. The quantitative estimate of drug-likeness (QED) is 0.614. The van der Waals surface area contributed by atoms with E-state index in [2.05, 4.69) is 36.8 Å². The molecule has 1 amide bonds. The number of amides is 1. The maximum absolute atomic E-state index is 12.1. The summed E-state index contributed by atoms with van der Waals surface area (Å²) in [5.41, 5.74) is 4.31. The number of hydrazone groups is 1. The van der Waals surface area contributed by atoms with Gasteiger partial charge in [0.1, 0.15) is 6.04 Å². The second-order valence-electron chi connectivity index (χ2n) is 4.63. The first kappa shape index (κ1) is 16.2.